The van der Waals surface area contributed by atoms with Crippen molar-refractivity contribution >= 4 is 29.5 Å². The lowest BCUT2D eigenvalue weighted by Crippen LogP contribution is -2.32. The van der Waals surface area contributed by atoms with Gasteiger partial charge in [0.1, 0.15) is 11.5 Å². The Morgan fingerprint density at radius 3 is 1.78 bits per heavy atom. The van der Waals surface area contributed by atoms with Crippen molar-refractivity contribution in [2.24, 2.45) is 11.3 Å². The number of rotatable bonds is 9. The minimum atomic E-state index is -0.881. The van der Waals surface area contributed by atoms with Crippen molar-refractivity contribution in [3.8, 4) is 0 Å². The van der Waals surface area contributed by atoms with Crippen molar-refractivity contribution in [2.75, 3.05) is 19.8 Å². The molecule has 3 aliphatic carbocycles. The normalized spacial score (nSPS) is 19.1. The van der Waals surface area contributed by atoms with Gasteiger partial charge in [-0.25, -0.2) is 14.4 Å². The van der Waals surface area contributed by atoms with Gasteiger partial charge in [-0.3, -0.25) is 19.0 Å². The third-order valence-corrected chi connectivity index (χ3v) is 9.75. The summed E-state index contributed by atoms with van der Waals surface area (Å²) in [6, 6.07) is 0. The number of fused-ring (bicyclic) bond motifs is 2. The van der Waals surface area contributed by atoms with E-state index in [-0.39, 0.29) is 35.2 Å². The van der Waals surface area contributed by atoms with Crippen LogP contribution in [-0.4, -0.2) is 68.9 Å². The number of hydrogen-bond acceptors (Lipinski definition) is 10. The maximum atomic E-state index is 12.0. The first-order valence-electron chi connectivity index (χ1n) is 17.7. The van der Waals surface area contributed by atoms with E-state index in [1.165, 1.54) is 5.69 Å². The van der Waals surface area contributed by atoms with E-state index in [1.54, 1.807) is 25.5 Å². The fraction of sp³-hybridized carbons (Fsp3) is 0.703. The van der Waals surface area contributed by atoms with E-state index in [1.807, 2.05) is 25.5 Å². The minimum absolute atomic E-state index is 0.0804. The molecular formula is C37H56N4O8. The molecule has 2 aromatic rings. The molecule has 2 heterocycles. The van der Waals surface area contributed by atoms with Crippen LogP contribution in [0.3, 0.4) is 0 Å². The Bertz CT molecular complexity index is 1560. The maximum absolute atomic E-state index is 12.0. The van der Waals surface area contributed by atoms with Gasteiger partial charge in [-0.05, 0) is 73.1 Å². The van der Waals surface area contributed by atoms with Crippen molar-refractivity contribution in [3.05, 3.63) is 33.9 Å². The number of ether oxygens (including phenoxy) is 3. The van der Waals surface area contributed by atoms with Crippen LogP contribution in [0.15, 0.2) is 0 Å². The van der Waals surface area contributed by atoms with Gasteiger partial charge in [-0.2, -0.15) is 10.2 Å². The Balaban J connectivity index is 0.000000200. The number of esters is 3. The Hall–Kier alpha value is -3.83. The molecule has 0 spiro atoms. The molecule has 12 heteroatoms. The Morgan fingerprint density at radius 2 is 1.24 bits per heavy atom. The van der Waals surface area contributed by atoms with Gasteiger partial charge in [0.15, 0.2) is 5.69 Å². The molecule has 3 aliphatic rings. The van der Waals surface area contributed by atoms with Gasteiger partial charge in [0.2, 0.25) is 5.78 Å². The van der Waals surface area contributed by atoms with Gasteiger partial charge < -0.3 is 14.2 Å². The number of nitrogens with zero attached hydrogens (tertiary/aromatic N) is 4. The number of ketones is 2. The minimum Gasteiger partial charge on any atom is -0.461 e. The van der Waals surface area contributed by atoms with Crippen molar-refractivity contribution in [1.29, 1.82) is 0 Å². The van der Waals surface area contributed by atoms with Gasteiger partial charge in [0.05, 0.1) is 31.4 Å². The predicted molar refractivity (Wildman–Crippen MR) is 184 cm³/mol. The van der Waals surface area contributed by atoms with Crippen molar-refractivity contribution in [1.82, 2.24) is 19.6 Å². The van der Waals surface area contributed by atoms with Crippen LogP contribution in [0, 0.1) is 11.3 Å². The van der Waals surface area contributed by atoms with Gasteiger partial charge in [0, 0.05) is 46.2 Å². The largest absolute Gasteiger partial charge is 0.461 e. The zero-order valence-corrected chi connectivity index (χ0v) is 31.4. The highest BCUT2D eigenvalue weighted by Gasteiger charge is 2.46. The fourth-order valence-corrected chi connectivity index (χ4v) is 6.96. The molecular weight excluding hydrogens is 628 g/mol. The molecule has 5 rings (SSSR count). The van der Waals surface area contributed by atoms with Crippen LogP contribution in [0.25, 0.3) is 0 Å². The molecule has 0 saturated heterocycles. The van der Waals surface area contributed by atoms with E-state index in [2.05, 4.69) is 49.6 Å². The topological polar surface area (TPSA) is 149 Å². The Labute approximate surface area is 290 Å². The van der Waals surface area contributed by atoms with Crippen LogP contribution in [0.2, 0.25) is 0 Å². The highest BCUT2D eigenvalue weighted by atomic mass is 16.5. The highest BCUT2D eigenvalue weighted by molar-refractivity contribution is 6.38. The second kappa shape index (κ2) is 15.8. The molecule has 49 heavy (non-hydrogen) atoms. The van der Waals surface area contributed by atoms with E-state index in [4.69, 9.17) is 9.47 Å². The summed E-state index contributed by atoms with van der Waals surface area (Å²) in [5, 5.41) is 8.99. The average molecular weight is 685 g/mol. The summed E-state index contributed by atoms with van der Waals surface area (Å²) in [5.74, 6) is -3.00. The third kappa shape index (κ3) is 8.32. The molecule has 0 amide bonds. The predicted octanol–water partition coefficient (Wildman–Crippen LogP) is 5.73. The molecule has 1 atom stereocenters. The molecule has 0 aromatic carbocycles. The smallest absolute Gasteiger partial charge is 0.375 e. The first kappa shape index (κ1) is 39.6. The molecule has 1 fully saturated rings. The second-order valence-corrected chi connectivity index (χ2v) is 14.6. The quantitative estimate of drug-likeness (QED) is 0.139. The van der Waals surface area contributed by atoms with Gasteiger partial charge in [-0.1, -0.05) is 41.5 Å². The summed E-state index contributed by atoms with van der Waals surface area (Å²) in [6.07, 6.45) is 5.10. The van der Waals surface area contributed by atoms with E-state index in [0.717, 1.165) is 49.0 Å². The summed E-state index contributed by atoms with van der Waals surface area (Å²) in [6.45, 7) is 24.2. The highest BCUT2D eigenvalue weighted by Crippen LogP contribution is 2.41. The van der Waals surface area contributed by atoms with E-state index in [9.17, 15) is 24.0 Å². The number of carbonyl (C=O) groups excluding carboxylic acids is 5. The van der Waals surface area contributed by atoms with E-state index >= 15 is 0 Å². The van der Waals surface area contributed by atoms with Crippen LogP contribution in [0.4, 0.5) is 0 Å². The summed E-state index contributed by atoms with van der Waals surface area (Å²) in [7, 11) is 0. The van der Waals surface area contributed by atoms with Crippen molar-refractivity contribution in [2.45, 2.75) is 139 Å². The van der Waals surface area contributed by atoms with E-state index < -0.39 is 23.1 Å². The fourth-order valence-electron chi connectivity index (χ4n) is 6.96. The summed E-state index contributed by atoms with van der Waals surface area (Å²) < 4.78 is 18.5. The average Bonchev–Trinajstić information content (AvgIpc) is 3.82. The van der Waals surface area contributed by atoms with Crippen molar-refractivity contribution < 1.29 is 38.2 Å². The lowest BCUT2D eigenvalue weighted by molar-refractivity contribution is -0.156. The molecule has 2 aromatic heterocycles. The lowest BCUT2D eigenvalue weighted by Gasteiger charge is -2.19. The third-order valence-electron chi connectivity index (χ3n) is 9.75. The molecule has 0 radical (unpaired) electrons. The Kier molecular flexibility index (Phi) is 12.8. The molecule has 0 bridgehead atoms. The monoisotopic (exact) mass is 684 g/mol. The maximum Gasteiger partial charge on any atom is 0.375 e. The van der Waals surface area contributed by atoms with E-state index in [0.29, 0.717) is 44.0 Å². The zero-order chi connectivity index (χ0) is 36.9. The number of hydrogen-bond donors (Lipinski definition) is 0. The second-order valence-electron chi connectivity index (χ2n) is 14.6. The standard InChI is InChI=1S/2C13H20N2O2.C11H16O4/c1-5-15-10(12(16)17-6-2)9-7-8-13(3,4)11(9)14-15;1-5-15-11-9(7-8-13(11,3)4)10(14-15)12(16)17-6-2;1-4-15-10(14)8(12)7-5-6-11(2,3)9(7)13/h2*5-8H2,1-4H3;7H,4-6H2,1-3H3. The molecule has 272 valence electrons. The summed E-state index contributed by atoms with van der Waals surface area (Å²) >= 11 is 0. The summed E-state index contributed by atoms with van der Waals surface area (Å²) in [5.41, 5.74) is 5.37. The van der Waals surface area contributed by atoms with Gasteiger partial charge >= 0.3 is 17.9 Å². The number of aryl methyl sites for hydroxylation is 2. The number of carbonyl (C=O) groups is 5. The zero-order valence-electron chi connectivity index (χ0n) is 31.4. The van der Waals surface area contributed by atoms with Crippen molar-refractivity contribution in [3.63, 3.8) is 0 Å². The SMILES string of the molecule is CCOC(=O)C(=O)C1CCC(C)(C)C1=O.CCOC(=O)c1c2c(nn1CC)C(C)(C)CC2.CCOC(=O)c1nn(CC)c2c1CCC2(C)C. The number of aromatic nitrogens is 4. The van der Waals surface area contributed by atoms with Gasteiger partial charge in [0.25, 0.3) is 0 Å². The Morgan fingerprint density at radius 1 is 0.694 bits per heavy atom. The van der Waals surface area contributed by atoms with Crippen LogP contribution in [-0.2, 0) is 65.4 Å². The molecule has 0 N–H and O–H groups in total. The molecule has 1 saturated carbocycles. The van der Waals surface area contributed by atoms with Crippen LogP contribution < -0.4 is 0 Å². The van der Waals surface area contributed by atoms with Crippen LogP contribution in [0.5, 0.6) is 0 Å². The summed E-state index contributed by atoms with van der Waals surface area (Å²) in [4.78, 5) is 58.3. The number of Topliss-reactive ketones (excluding diaryl/α,β-unsaturated/α-hetero) is 2. The lowest BCUT2D eigenvalue weighted by atomic mass is 9.88. The molecule has 12 nitrogen and oxygen atoms in total. The van der Waals surface area contributed by atoms with Crippen LogP contribution >= 0.6 is 0 Å². The van der Waals surface area contributed by atoms with Gasteiger partial charge in [-0.15, -0.1) is 0 Å². The first-order valence-corrected chi connectivity index (χ1v) is 17.7. The first-order chi connectivity index (χ1) is 22.9. The molecule has 1 unspecified atom stereocenters. The van der Waals surface area contributed by atoms with Crippen LogP contribution in [0.1, 0.15) is 145 Å². The molecule has 0 aliphatic heterocycles.